The number of rotatable bonds is 9. The van der Waals surface area contributed by atoms with Crippen LogP contribution in [0.1, 0.15) is 63.0 Å². The lowest BCUT2D eigenvalue weighted by Crippen LogP contribution is -2.38. The fourth-order valence-corrected chi connectivity index (χ4v) is 4.31. The van der Waals surface area contributed by atoms with E-state index in [1.54, 1.807) is 0 Å². The largest absolute Gasteiger partial charge is 0.338 e. The second-order valence-electron chi connectivity index (χ2n) is 8.44. The van der Waals surface area contributed by atoms with Crippen molar-refractivity contribution in [3.8, 4) is 0 Å². The highest BCUT2D eigenvalue weighted by Crippen LogP contribution is 2.17. The Bertz CT molecular complexity index is 679. The summed E-state index contributed by atoms with van der Waals surface area (Å²) in [5, 5.41) is 5.89. The second kappa shape index (κ2) is 11.2. The van der Waals surface area contributed by atoms with Crippen molar-refractivity contribution in [2.24, 2.45) is 0 Å². The molecule has 0 bridgehead atoms. The molecule has 2 saturated heterocycles. The van der Waals surface area contributed by atoms with E-state index in [1.165, 1.54) is 25.8 Å². The molecule has 2 fully saturated rings. The molecule has 2 heterocycles. The number of likely N-dealkylation sites (tertiary alicyclic amines) is 2. The van der Waals surface area contributed by atoms with Gasteiger partial charge in [0.05, 0.1) is 0 Å². The van der Waals surface area contributed by atoms with E-state index in [-0.39, 0.29) is 11.9 Å². The maximum Gasteiger partial charge on any atom is 0.315 e. The van der Waals surface area contributed by atoms with E-state index in [0.29, 0.717) is 32.1 Å². The molecule has 1 atom stereocenters. The van der Waals surface area contributed by atoms with Crippen LogP contribution in [0.2, 0.25) is 0 Å². The molecule has 6 nitrogen and oxygen atoms in total. The Morgan fingerprint density at radius 2 is 1.97 bits per heavy atom. The van der Waals surface area contributed by atoms with Crippen molar-refractivity contribution in [1.82, 2.24) is 20.4 Å². The van der Waals surface area contributed by atoms with Gasteiger partial charge in [-0.25, -0.2) is 4.79 Å². The van der Waals surface area contributed by atoms with Gasteiger partial charge in [0.15, 0.2) is 0 Å². The van der Waals surface area contributed by atoms with E-state index in [1.807, 2.05) is 23.1 Å². The number of unbranched alkanes of at least 4 members (excludes halogenated alkanes) is 1. The zero-order chi connectivity index (χ0) is 20.5. The highest BCUT2D eigenvalue weighted by molar-refractivity contribution is 5.78. The molecule has 1 aromatic carbocycles. The first-order valence-corrected chi connectivity index (χ1v) is 11.2. The molecular formula is C23H36N4O2. The molecule has 1 aromatic rings. The summed E-state index contributed by atoms with van der Waals surface area (Å²) in [5.74, 6) is 0.239. The van der Waals surface area contributed by atoms with Crippen LogP contribution in [-0.4, -0.2) is 54.0 Å². The monoisotopic (exact) mass is 400 g/mol. The Morgan fingerprint density at radius 3 is 2.76 bits per heavy atom. The van der Waals surface area contributed by atoms with Crippen molar-refractivity contribution in [3.05, 3.63) is 35.4 Å². The summed E-state index contributed by atoms with van der Waals surface area (Å²) in [6.07, 6.45) is 7.75. The van der Waals surface area contributed by atoms with Gasteiger partial charge in [0, 0.05) is 38.6 Å². The molecule has 0 spiro atoms. The molecule has 0 aromatic heterocycles. The standard InChI is InChI=1S/C23H36N4O2/c1-19-8-2-4-13-26(19)14-5-3-12-24-23(29)25-17-20-9-6-10-21(16-20)18-27-15-7-11-22(27)28/h6,9-10,16,19H,2-5,7-8,11-15,17-18H2,1H3,(H2,24,25,29). The molecular weight excluding hydrogens is 364 g/mol. The van der Waals surface area contributed by atoms with Crippen LogP contribution in [0.25, 0.3) is 0 Å². The average molecular weight is 401 g/mol. The molecule has 0 radical (unpaired) electrons. The summed E-state index contributed by atoms with van der Waals surface area (Å²) in [7, 11) is 0. The van der Waals surface area contributed by atoms with Crippen LogP contribution in [0.4, 0.5) is 4.79 Å². The van der Waals surface area contributed by atoms with Crippen molar-refractivity contribution < 1.29 is 9.59 Å². The molecule has 2 aliphatic rings. The van der Waals surface area contributed by atoms with Gasteiger partial charge in [0.1, 0.15) is 0 Å². The minimum absolute atomic E-state index is 0.114. The van der Waals surface area contributed by atoms with Gasteiger partial charge in [-0.15, -0.1) is 0 Å². The van der Waals surface area contributed by atoms with Gasteiger partial charge in [-0.05, 0) is 63.2 Å². The average Bonchev–Trinajstić information content (AvgIpc) is 3.12. The number of carbonyl (C=O) groups is 2. The molecule has 29 heavy (non-hydrogen) atoms. The van der Waals surface area contributed by atoms with Crippen LogP contribution in [0, 0.1) is 0 Å². The Labute approximate surface area is 175 Å². The van der Waals surface area contributed by atoms with Crippen LogP contribution in [0.5, 0.6) is 0 Å². The Morgan fingerprint density at radius 1 is 1.10 bits per heavy atom. The predicted molar refractivity (Wildman–Crippen MR) is 115 cm³/mol. The van der Waals surface area contributed by atoms with Gasteiger partial charge in [-0.1, -0.05) is 30.7 Å². The van der Waals surface area contributed by atoms with Crippen molar-refractivity contribution in [2.75, 3.05) is 26.2 Å². The smallest absolute Gasteiger partial charge is 0.315 e. The third-order valence-corrected chi connectivity index (χ3v) is 6.09. The second-order valence-corrected chi connectivity index (χ2v) is 8.44. The number of carbonyl (C=O) groups excluding carboxylic acids is 2. The summed E-state index contributed by atoms with van der Waals surface area (Å²) in [6.45, 7) is 7.40. The van der Waals surface area contributed by atoms with Crippen LogP contribution in [0.15, 0.2) is 24.3 Å². The van der Waals surface area contributed by atoms with E-state index in [0.717, 1.165) is 43.5 Å². The number of amides is 3. The van der Waals surface area contributed by atoms with Crippen LogP contribution in [0.3, 0.4) is 0 Å². The molecule has 0 saturated carbocycles. The summed E-state index contributed by atoms with van der Waals surface area (Å²) in [4.78, 5) is 28.3. The van der Waals surface area contributed by atoms with E-state index >= 15 is 0 Å². The van der Waals surface area contributed by atoms with Crippen molar-refractivity contribution in [2.45, 2.75) is 71.0 Å². The molecule has 2 aliphatic heterocycles. The van der Waals surface area contributed by atoms with Crippen molar-refractivity contribution >= 4 is 11.9 Å². The lowest BCUT2D eigenvalue weighted by Gasteiger charge is -2.33. The fraction of sp³-hybridized carbons (Fsp3) is 0.652. The lowest BCUT2D eigenvalue weighted by molar-refractivity contribution is -0.128. The van der Waals surface area contributed by atoms with Gasteiger partial charge in [-0.3, -0.25) is 4.79 Å². The summed E-state index contributed by atoms with van der Waals surface area (Å²) >= 11 is 0. The van der Waals surface area contributed by atoms with Crippen LogP contribution < -0.4 is 10.6 Å². The molecule has 3 amide bonds. The third-order valence-electron chi connectivity index (χ3n) is 6.09. The van der Waals surface area contributed by atoms with Gasteiger partial charge in [0.25, 0.3) is 0 Å². The van der Waals surface area contributed by atoms with E-state index in [9.17, 15) is 9.59 Å². The van der Waals surface area contributed by atoms with Crippen LogP contribution >= 0.6 is 0 Å². The van der Waals surface area contributed by atoms with Crippen LogP contribution in [-0.2, 0) is 17.9 Å². The van der Waals surface area contributed by atoms with Crippen molar-refractivity contribution in [3.63, 3.8) is 0 Å². The number of nitrogens with one attached hydrogen (secondary N) is 2. The van der Waals surface area contributed by atoms with Crippen molar-refractivity contribution in [1.29, 1.82) is 0 Å². The number of piperidine rings is 1. The number of hydrogen-bond acceptors (Lipinski definition) is 3. The molecule has 160 valence electrons. The highest BCUT2D eigenvalue weighted by atomic mass is 16.2. The van der Waals surface area contributed by atoms with Gasteiger partial charge >= 0.3 is 6.03 Å². The summed E-state index contributed by atoms with van der Waals surface area (Å²) in [6, 6.07) is 8.71. The van der Waals surface area contributed by atoms with E-state index in [4.69, 9.17) is 0 Å². The first-order valence-electron chi connectivity index (χ1n) is 11.2. The molecule has 6 heteroatoms. The zero-order valence-electron chi connectivity index (χ0n) is 17.8. The molecule has 1 unspecified atom stereocenters. The normalized spacial score (nSPS) is 20.1. The molecule has 3 rings (SSSR count). The Balaban J connectivity index is 1.30. The third kappa shape index (κ3) is 7.03. The minimum Gasteiger partial charge on any atom is -0.338 e. The first-order chi connectivity index (χ1) is 14.1. The van der Waals surface area contributed by atoms with E-state index in [2.05, 4.69) is 28.5 Å². The SMILES string of the molecule is CC1CCCCN1CCCCNC(=O)NCc1cccc(CN2CCCC2=O)c1. The quantitative estimate of drug-likeness (QED) is 0.626. The van der Waals surface area contributed by atoms with Gasteiger partial charge < -0.3 is 20.4 Å². The van der Waals surface area contributed by atoms with Gasteiger partial charge in [0.2, 0.25) is 5.91 Å². The number of urea groups is 1. The first kappa shape index (κ1) is 21.6. The topological polar surface area (TPSA) is 64.7 Å². The number of nitrogens with zero attached hydrogens (tertiary/aromatic N) is 2. The maximum absolute atomic E-state index is 12.1. The highest BCUT2D eigenvalue weighted by Gasteiger charge is 2.20. The fourth-order valence-electron chi connectivity index (χ4n) is 4.31. The summed E-state index contributed by atoms with van der Waals surface area (Å²) in [5.41, 5.74) is 2.18. The summed E-state index contributed by atoms with van der Waals surface area (Å²) < 4.78 is 0. The lowest BCUT2D eigenvalue weighted by atomic mass is 10.0. The zero-order valence-corrected chi connectivity index (χ0v) is 17.8. The van der Waals surface area contributed by atoms with E-state index < -0.39 is 0 Å². The molecule has 2 N–H and O–H groups in total. The van der Waals surface area contributed by atoms with Gasteiger partial charge in [-0.2, -0.15) is 0 Å². The Hall–Kier alpha value is -2.08. The number of hydrogen-bond donors (Lipinski definition) is 2. The Kier molecular flexibility index (Phi) is 8.35. The maximum atomic E-state index is 12.1. The number of benzene rings is 1. The predicted octanol–water partition coefficient (Wildman–Crippen LogP) is 3.26. The minimum atomic E-state index is -0.114. The molecule has 0 aliphatic carbocycles.